The number of aromatic nitrogens is 3. The molecule has 204 valence electrons. The molecule has 0 unspecified atom stereocenters. The summed E-state index contributed by atoms with van der Waals surface area (Å²) in [4.78, 5) is 22.6. The number of carbonyl (C=O) groups excluding carboxylic acids is 1. The first kappa shape index (κ1) is 24.6. The number of carbonyl (C=O) groups is 1. The number of nitrogens with two attached hydrogens (primary N) is 1. The minimum absolute atomic E-state index is 0.0143. The Morgan fingerprint density at radius 2 is 2.03 bits per heavy atom. The van der Waals surface area contributed by atoms with Crippen molar-refractivity contribution in [3.05, 3.63) is 47.8 Å². The van der Waals surface area contributed by atoms with Crippen molar-refractivity contribution in [2.45, 2.75) is 50.7 Å². The normalized spacial score (nSPS) is 24.0. The van der Waals surface area contributed by atoms with Gasteiger partial charge in [0.05, 0.1) is 28.5 Å². The predicted octanol–water partition coefficient (Wildman–Crippen LogP) is 4.05. The number of amides is 1. The van der Waals surface area contributed by atoms with E-state index in [1.165, 1.54) is 6.07 Å². The number of aliphatic hydroxyl groups is 1. The molecule has 2 bridgehead atoms. The lowest BCUT2D eigenvalue weighted by atomic mass is 10.1. The number of hydrogen-bond donors (Lipinski definition) is 2. The van der Waals surface area contributed by atoms with Crippen LogP contribution in [0.15, 0.2) is 36.4 Å². The third kappa shape index (κ3) is 3.55. The molecule has 2 aromatic carbocycles. The van der Waals surface area contributed by atoms with E-state index in [9.17, 15) is 9.90 Å². The van der Waals surface area contributed by atoms with Gasteiger partial charge in [-0.05, 0) is 55.9 Å². The second-order valence-electron chi connectivity index (χ2n) is 11.5. The summed E-state index contributed by atoms with van der Waals surface area (Å²) in [6.07, 6.45) is 3.62. The third-order valence-corrected chi connectivity index (χ3v) is 9.35. The smallest absolute Gasteiger partial charge is 0.254 e. The Morgan fingerprint density at radius 3 is 2.74 bits per heavy atom. The molecule has 9 heteroatoms. The average molecular weight is 531 g/mol. The maximum absolute atomic E-state index is 15.6. The summed E-state index contributed by atoms with van der Waals surface area (Å²) < 4.78 is 19.8. The fraction of sp³-hybridized carbons (Fsp3) is 0.467. The molecule has 8 nitrogen and oxygen atoms in total. The first-order chi connectivity index (χ1) is 18.9. The van der Waals surface area contributed by atoms with Crippen molar-refractivity contribution in [2.75, 3.05) is 31.1 Å². The van der Waals surface area contributed by atoms with Gasteiger partial charge in [-0.15, -0.1) is 0 Å². The standard InChI is InChI=1S/C30H35FN6O2/c1-3-20-16-35(10-5-11-38)24-7-4-6-17-14-25(37(20)27(17)24)29-33-22-13-19(12-21(31)28(22)34(29)2)30(39)36-15-18-8-9-23(36)26(18)32/h4,6-7,12-14,18,20,23,26,38H,3,5,8-11,15-16,32H2,1-2H3/t18-,20+,23-,26-/m1/s1. The Hall–Kier alpha value is -3.43. The molecule has 1 saturated carbocycles. The Balaban J connectivity index is 1.34. The van der Waals surface area contributed by atoms with Crippen molar-refractivity contribution in [2.24, 2.45) is 18.7 Å². The minimum atomic E-state index is -0.441. The molecule has 3 N–H and O–H groups in total. The van der Waals surface area contributed by atoms with E-state index in [1.54, 1.807) is 6.07 Å². The number of aryl methyl sites for hydroxylation is 1. The van der Waals surface area contributed by atoms with Crippen molar-refractivity contribution in [1.82, 2.24) is 19.0 Å². The van der Waals surface area contributed by atoms with Gasteiger partial charge in [-0.1, -0.05) is 19.1 Å². The molecule has 7 rings (SSSR count). The summed E-state index contributed by atoms with van der Waals surface area (Å²) in [7, 11) is 1.84. The Labute approximate surface area is 226 Å². The number of nitrogens with zero attached hydrogens (tertiary/aromatic N) is 5. The Morgan fingerprint density at radius 1 is 1.18 bits per heavy atom. The highest BCUT2D eigenvalue weighted by molar-refractivity contribution is 6.00. The number of piperidine rings is 1. The van der Waals surface area contributed by atoms with Crippen LogP contribution in [0.4, 0.5) is 10.1 Å². The predicted molar refractivity (Wildman–Crippen MR) is 150 cm³/mol. The van der Waals surface area contributed by atoms with Gasteiger partial charge in [0.25, 0.3) is 5.91 Å². The highest BCUT2D eigenvalue weighted by Gasteiger charge is 2.47. The number of para-hydroxylation sites is 1. The van der Waals surface area contributed by atoms with Gasteiger partial charge in [0, 0.05) is 56.3 Å². The molecule has 2 aromatic heterocycles. The van der Waals surface area contributed by atoms with Gasteiger partial charge in [0.1, 0.15) is 11.3 Å². The van der Waals surface area contributed by atoms with E-state index in [4.69, 9.17) is 10.7 Å². The zero-order valence-electron chi connectivity index (χ0n) is 22.5. The van der Waals surface area contributed by atoms with E-state index in [-0.39, 0.29) is 30.6 Å². The van der Waals surface area contributed by atoms with E-state index in [0.717, 1.165) is 61.1 Å². The van der Waals surface area contributed by atoms with Gasteiger partial charge in [-0.25, -0.2) is 9.37 Å². The molecule has 0 spiro atoms. The van der Waals surface area contributed by atoms with Crippen molar-refractivity contribution in [1.29, 1.82) is 0 Å². The molecular formula is C30H35FN6O2. The minimum Gasteiger partial charge on any atom is -0.396 e. The summed E-state index contributed by atoms with van der Waals surface area (Å²) in [5.74, 6) is 0.418. The SMILES string of the molecule is CC[C@H]1CN(CCCO)c2cccc3cc(-c4nc5cc(C(=O)N6C[C@H]7CC[C@@H]6[C@@H]7N)cc(F)c5n4C)n1c23. The second-order valence-corrected chi connectivity index (χ2v) is 11.5. The Bertz CT molecular complexity index is 1610. The molecule has 39 heavy (non-hydrogen) atoms. The van der Waals surface area contributed by atoms with E-state index in [1.807, 2.05) is 16.5 Å². The molecular weight excluding hydrogens is 495 g/mol. The lowest BCUT2D eigenvalue weighted by Gasteiger charge is -2.36. The zero-order chi connectivity index (χ0) is 27.0. The topological polar surface area (TPSA) is 92.6 Å². The van der Waals surface area contributed by atoms with Crippen molar-refractivity contribution >= 4 is 33.5 Å². The molecule has 0 radical (unpaired) electrons. The lowest BCUT2D eigenvalue weighted by molar-refractivity contribution is 0.0700. The van der Waals surface area contributed by atoms with Crippen LogP contribution in [0, 0.1) is 11.7 Å². The molecule has 4 aromatic rings. The number of likely N-dealkylation sites (tertiary alicyclic amines) is 1. The summed E-state index contributed by atoms with van der Waals surface area (Å²) >= 11 is 0. The largest absolute Gasteiger partial charge is 0.396 e. The number of hydrogen-bond acceptors (Lipinski definition) is 5. The van der Waals surface area contributed by atoms with Gasteiger partial charge < -0.3 is 29.8 Å². The highest BCUT2D eigenvalue weighted by atomic mass is 19.1. The van der Waals surface area contributed by atoms with E-state index in [0.29, 0.717) is 34.9 Å². The molecule has 1 saturated heterocycles. The fourth-order valence-electron chi connectivity index (χ4n) is 7.39. The second kappa shape index (κ2) is 9.06. The van der Waals surface area contributed by atoms with Crippen LogP contribution in [0.5, 0.6) is 0 Å². The van der Waals surface area contributed by atoms with Gasteiger partial charge >= 0.3 is 0 Å². The number of halogens is 1. The van der Waals surface area contributed by atoms with E-state index < -0.39 is 5.82 Å². The van der Waals surface area contributed by atoms with Crippen LogP contribution < -0.4 is 10.6 Å². The number of rotatable bonds is 6. The van der Waals surface area contributed by atoms with Crippen molar-refractivity contribution in [3.8, 4) is 11.5 Å². The molecule has 1 amide bonds. The maximum atomic E-state index is 15.6. The van der Waals surface area contributed by atoms with E-state index >= 15 is 4.39 Å². The average Bonchev–Trinajstić information content (AvgIpc) is 3.68. The summed E-state index contributed by atoms with van der Waals surface area (Å²) in [5, 5.41) is 10.5. The van der Waals surface area contributed by atoms with Crippen LogP contribution >= 0.6 is 0 Å². The van der Waals surface area contributed by atoms with Gasteiger partial charge in [0.2, 0.25) is 0 Å². The van der Waals surface area contributed by atoms with Gasteiger partial charge in [-0.3, -0.25) is 4.79 Å². The number of aliphatic hydroxyl groups excluding tert-OH is 1. The summed E-state index contributed by atoms with van der Waals surface area (Å²) in [6, 6.07) is 11.8. The zero-order valence-corrected chi connectivity index (χ0v) is 22.5. The summed E-state index contributed by atoms with van der Waals surface area (Å²) in [6.45, 7) is 4.62. The number of fused-ring (bicyclic) bond motifs is 3. The molecule has 4 heterocycles. The molecule has 4 atom stereocenters. The molecule has 2 aliphatic heterocycles. The third-order valence-electron chi connectivity index (χ3n) is 9.35. The fourth-order valence-corrected chi connectivity index (χ4v) is 7.39. The molecule has 2 fully saturated rings. The first-order valence-electron chi connectivity index (χ1n) is 14.1. The maximum Gasteiger partial charge on any atom is 0.254 e. The van der Waals surface area contributed by atoms with Crippen LogP contribution in [0.25, 0.3) is 33.5 Å². The van der Waals surface area contributed by atoms with Gasteiger partial charge in [-0.2, -0.15) is 0 Å². The van der Waals surface area contributed by atoms with E-state index in [2.05, 4.69) is 40.7 Å². The van der Waals surface area contributed by atoms with Crippen LogP contribution in [-0.4, -0.2) is 68.4 Å². The monoisotopic (exact) mass is 530 g/mol. The first-order valence-corrected chi connectivity index (χ1v) is 14.1. The quantitative estimate of drug-likeness (QED) is 0.393. The van der Waals surface area contributed by atoms with Crippen molar-refractivity contribution in [3.63, 3.8) is 0 Å². The molecule has 3 aliphatic rings. The van der Waals surface area contributed by atoms with Crippen LogP contribution in [-0.2, 0) is 7.05 Å². The number of benzene rings is 2. The number of anilines is 1. The van der Waals surface area contributed by atoms with Crippen molar-refractivity contribution < 1.29 is 14.3 Å². The van der Waals surface area contributed by atoms with Crippen LogP contribution in [0.2, 0.25) is 0 Å². The van der Waals surface area contributed by atoms with Crippen LogP contribution in [0.3, 0.4) is 0 Å². The summed E-state index contributed by atoms with van der Waals surface area (Å²) in [5.41, 5.74) is 10.8. The Kier molecular flexibility index (Phi) is 5.72. The number of imidazole rings is 1. The lowest BCUT2D eigenvalue weighted by Crippen LogP contribution is -2.41. The van der Waals surface area contributed by atoms with Gasteiger partial charge in [0.15, 0.2) is 5.82 Å². The van der Waals surface area contributed by atoms with Crippen LogP contribution in [0.1, 0.15) is 49.0 Å². The molecule has 1 aliphatic carbocycles. The highest BCUT2D eigenvalue weighted by Crippen LogP contribution is 2.42.